The Morgan fingerprint density at radius 3 is 0.736 bits per heavy atom. The van der Waals surface area contributed by atoms with Crippen molar-refractivity contribution in [2.45, 2.75) is 167 Å². The van der Waals surface area contributed by atoms with Gasteiger partial charge in [-0.2, -0.15) is 0 Å². The Balaban J connectivity index is 0.000000191. The molecule has 4 fully saturated rings. The molecule has 4 heterocycles. The molecule has 0 aromatic heterocycles. The van der Waals surface area contributed by atoms with Gasteiger partial charge in [0, 0.05) is 76.0 Å². The topological polar surface area (TPSA) is 13.0 Å². The summed E-state index contributed by atoms with van der Waals surface area (Å²) in [4.78, 5) is 9.90. The van der Waals surface area contributed by atoms with Crippen molar-refractivity contribution in [3.63, 3.8) is 0 Å². The lowest BCUT2D eigenvalue weighted by molar-refractivity contribution is 0.344. The fourth-order valence-electron chi connectivity index (χ4n) is 15.1. The highest BCUT2D eigenvalue weighted by Crippen LogP contribution is 2.41. The SMILES string of the molecule is CC(C)[C@H](C)c1ccccc1.CC[C@H](c1ccccc1)C(C)C.Cc1ccccc1[C@@H]1CN(C)C[C@H]1C(C)C.Cc1ccccc1[C@@H]1CN(C)C[C@H]1C(C)C.Cc1ccccc1[C@H]1CN(C)C[C@@H]1C(C)C.Cc1ccccc1[C@H]1CN(C)C[C@@H]1C(C)C. The number of rotatable bonds is 13. The van der Waals surface area contributed by atoms with Crippen molar-refractivity contribution in [1.82, 2.24) is 19.6 Å². The van der Waals surface area contributed by atoms with E-state index >= 15 is 0 Å². The van der Waals surface area contributed by atoms with Gasteiger partial charge in [-0.05, 0) is 189 Å². The lowest BCUT2D eigenvalue weighted by atomic mass is 9.80. The van der Waals surface area contributed by atoms with Gasteiger partial charge in [-0.15, -0.1) is 0 Å². The number of hydrogen-bond acceptors (Lipinski definition) is 4. The van der Waals surface area contributed by atoms with Crippen LogP contribution in [0.1, 0.15) is 194 Å². The Bertz CT molecular complexity index is 2540. The van der Waals surface area contributed by atoms with E-state index in [1.807, 2.05) is 0 Å². The van der Waals surface area contributed by atoms with Crippen LogP contribution in [0, 0.1) is 86.9 Å². The fourth-order valence-corrected chi connectivity index (χ4v) is 15.1. The molecule has 0 N–H and O–H groups in total. The number of nitrogens with zero attached hydrogens (tertiary/aromatic N) is 4. The number of benzene rings is 6. The monoisotopic (exact) mass is 1180 g/mol. The average Bonchev–Trinajstić information content (AvgIpc) is 4.49. The molecule has 10 atom stereocenters. The van der Waals surface area contributed by atoms with E-state index in [2.05, 4.69) is 330 Å². The third-order valence-corrected chi connectivity index (χ3v) is 20.8. The molecule has 0 amide bonds. The Labute approximate surface area is 536 Å². The van der Waals surface area contributed by atoms with Gasteiger partial charge < -0.3 is 19.6 Å². The molecule has 6 aromatic carbocycles. The van der Waals surface area contributed by atoms with Gasteiger partial charge in [0.2, 0.25) is 0 Å². The zero-order valence-electron chi connectivity index (χ0n) is 59.4. The summed E-state index contributed by atoms with van der Waals surface area (Å²) in [5.41, 5.74) is 15.0. The molecule has 4 heteroatoms. The molecule has 0 unspecified atom stereocenters. The van der Waals surface area contributed by atoms with Crippen molar-refractivity contribution >= 4 is 0 Å². The minimum absolute atomic E-state index is 0.677. The van der Waals surface area contributed by atoms with Crippen molar-refractivity contribution in [3.05, 3.63) is 213 Å². The molecular weight excluding hydrogens is 1050 g/mol. The summed E-state index contributed by atoms with van der Waals surface area (Å²) in [5, 5.41) is 0. The number of aryl methyl sites for hydroxylation is 4. The largest absolute Gasteiger partial charge is 0.305 e. The number of likely N-dealkylation sites (tertiary alicyclic amines) is 4. The van der Waals surface area contributed by atoms with Crippen molar-refractivity contribution in [2.24, 2.45) is 59.2 Å². The molecule has 87 heavy (non-hydrogen) atoms. The van der Waals surface area contributed by atoms with Crippen LogP contribution in [-0.2, 0) is 0 Å². The smallest absolute Gasteiger partial charge is 0.00507 e. The zero-order valence-corrected chi connectivity index (χ0v) is 59.4. The first kappa shape index (κ1) is 72.9. The molecule has 0 radical (unpaired) electrons. The molecule has 4 saturated heterocycles. The number of likely N-dealkylation sites (N-methyl/N-ethyl adjacent to an activating group) is 4. The van der Waals surface area contributed by atoms with Gasteiger partial charge >= 0.3 is 0 Å². The molecule has 4 nitrogen and oxygen atoms in total. The molecular formula is C83H126N4. The molecule has 0 saturated carbocycles. The van der Waals surface area contributed by atoms with Crippen LogP contribution in [-0.4, -0.2) is 100 Å². The normalized spacial score (nSPS) is 23.1. The lowest BCUT2D eigenvalue weighted by Crippen LogP contribution is -2.18. The summed E-state index contributed by atoms with van der Waals surface area (Å²) in [6, 6.07) is 57.0. The predicted octanol–water partition coefficient (Wildman–Crippen LogP) is 20.5. The third kappa shape index (κ3) is 21.7. The maximum Gasteiger partial charge on any atom is 0.00507 e. The van der Waals surface area contributed by atoms with Gasteiger partial charge in [-0.3, -0.25) is 0 Å². The van der Waals surface area contributed by atoms with E-state index in [9.17, 15) is 0 Å². The number of hydrogen-bond donors (Lipinski definition) is 0. The minimum Gasteiger partial charge on any atom is -0.305 e. The van der Waals surface area contributed by atoms with Crippen molar-refractivity contribution in [3.8, 4) is 0 Å². The van der Waals surface area contributed by atoms with Crippen molar-refractivity contribution < 1.29 is 0 Å². The zero-order chi connectivity index (χ0) is 64.1. The Morgan fingerprint density at radius 2 is 0.529 bits per heavy atom. The second-order valence-electron chi connectivity index (χ2n) is 29.5. The predicted molar refractivity (Wildman–Crippen MR) is 383 cm³/mol. The molecule has 0 bridgehead atoms. The standard InChI is InChI=1S/4C15H23N.C12H18.C11H16/c4*1-11(2)14-9-16(4)10-15(14)13-8-6-5-7-12(13)3;1-4-12(10(2)3)11-8-6-5-7-9-11;1-9(2)10(3)11-7-5-4-6-8-11/h4*5-8,11,14-15H,9-10H2,1-4H3;5-10,12H,4H2,1-3H3;4-10H,1-3H3/t4*14-,15-;12-;10-/m110000/s1. The first-order valence-corrected chi connectivity index (χ1v) is 34.4. The van der Waals surface area contributed by atoms with Crippen LogP contribution in [0.3, 0.4) is 0 Å². The highest BCUT2D eigenvalue weighted by molar-refractivity contribution is 5.34. The van der Waals surface area contributed by atoms with E-state index in [1.54, 1.807) is 22.3 Å². The van der Waals surface area contributed by atoms with Gasteiger partial charge in [0.15, 0.2) is 0 Å². The first-order valence-electron chi connectivity index (χ1n) is 34.4. The molecule has 4 aliphatic heterocycles. The van der Waals surface area contributed by atoms with E-state index in [1.165, 1.54) is 92.2 Å². The molecule has 4 aliphatic rings. The summed E-state index contributed by atoms with van der Waals surface area (Å²) < 4.78 is 0. The Kier molecular flexibility index (Phi) is 30.3. The van der Waals surface area contributed by atoms with Crippen LogP contribution in [0.5, 0.6) is 0 Å². The van der Waals surface area contributed by atoms with E-state index in [-0.39, 0.29) is 0 Å². The summed E-state index contributed by atoms with van der Waals surface area (Å²) in [7, 11) is 8.97. The van der Waals surface area contributed by atoms with Gasteiger partial charge in [0.25, 0.3) is 0 Å². The van der Waals surface area contributed by atoms with E-state index in [0.29, 0.717) is 5.92 Å². The molecule has 0 spiro atoms. The fraction of sp³-hybridized carbons (Fsp3) is 0.566. The summed E-state index contributed by atoms with van der Waals surface area (Å²) in [5.74, 6) is 12.1. The molecule has 478 valence electrons. The van der Waals surface area contributed by atoms with E-state index in [4.69, 9.17) is 0 Å². The molecule has 0 aliphatic carbocycles. The average molecular weight is 1180 g/mol. The van der Waals surface area contributed by atoms with Gasteiger partial charge in [-0.1, -0.05) is 255 Å². The quantitative estimate of drug-likeness (QED) is 0.114. The van der Waals surface area contributed by atoms with Gasteiger partial charge in [-0.25, -0.2) is 0 Å². The van der Waals surface area contributed by atoms with E-state index < -0.39 is 0 Å². The maximum atomic E-state index is 2.47. The van der Waals surface area contributed by atoms with Crippen LogP contribution in [0.2, 0.25) is 0 Å². The second-order valence-corrected chi connectivity index (χ2v) is 29.5. The Morgan fingerprint density at radius 1 is 0.299 bits per heavy atom. The highest BCUT2D eigenvalue weighted by Gasteiger charge is 2.37. The van der Waals surface area contributed by atoms with Crippen LogP contribution >= 0.6 is 0 Å². The van der Waals surface area contributed by atoms with Crippen LogP contribution in [0.25, 0.3) is 0 Å². The van der Waals surface area contributed by atoms with Crippen LogP contribution < -0.4 is 0 Å². The molecule has 6 aromatic rings. The van der Waals surface area contributed by atoms with Gasteiger partial charge in [0.1, 0.15) is 0 Å². The highest BCUT2D eigenvalue weighted by atomic mass is 15.1. The summed E-state index contributed by atoms with van der Waals surface area (Å²) >= 11 is 0. The van der Waals surface area contributed by atoms with Gasteiger partial charge in [0.05, 0.1) is 0 Å². The van der Waals surface area contributed by atoms with Crippen LogP contribution in [0.15, 0.2) is 158 Å². The lowest BCUT2D eigenvalue weighted by Gasteiger charge is -2.23. The summed E-state index contributed by atoms with van der Waals surface area (Å²) in [6.45, 7) is 51.3. The maximum absolute atomic E-state index is 2.47. The molecule has 10 rings (SSSR count). The first-order chi connectivity index (χ1) is 41.3. The van der Waals surface area contributed by atoms with Crippen molar-refractivity contribution in [1.29, 1.82) is 0 Å². The second kappa shape index (κ2) is 36.1. The third-order valence-electron chi connectivity index (χ3n) is 20.8. The van der Waals surface area contributed by atoms with Crippen molar-refractivity contribution in [2.75, 3.05) is 80.5 Å². The van der Waals surface area contributed by atoms with Crippen LogP contribution in [0.4, 0.5) is 0 Å². The van der Waals surface area contributed by atoms with E-state index in [0.717, 1.165) is 88.8 Å². The Hall–Kier alpha value is -4.84. The minimum atomic E-state index is 0.677. The summed E-state index contributed by atoms with van der Waals surface area (Å²) in [6.07, 6.45) is 1.24.